The van der Waals surface area contributed by atoms with Gasteiger partial charge in [-0.3, -0.25) is 9.59 Å². The van der Waals surface area contributed by atoms with Crippen molar-refractivity contribution >= 4 is 50.8 Å². The Morgan fingerprint density at radius 3 is 2.81 bits per heavy atom. The molecule has 5 nitrogen and oxygen atoms in total. The first-order valence-corrected chi connectivity index (χ1v) is 9.97. The molecule has 1 saturated heterocycles. The van der Waals surface area contributed by atoms with Crippen LogP contribution >= 0.6 is 23.1 Å². The number of ether oxygens (including phenoxy) is 1. The number of imide groups is 1. The number of anilines is 1. The lowest BCUT2D eigenvalue weighted by molar-refractivity contribution is -0.121. The normalized spacial score (nSPS) is 17.3. The number of benzene rings is 2. The molecule has 0 N–H and O–H groups in total. The molecule has 1 atom stereocenters. The second-order valence-corrected chi connectivity index (χ2v) is 8.24. The minimum absolute atomic E-state index is 0.168. The summed E-state index contributed by atoms with van der Waals surface area (Å²) >= 11 is 2.89. The number of hydrogen-bond donors (Lipinski definition) is 0. The summed E-state index contributed by atoms with van der Waals surface area (Å²) in [5.41, 5.74) is 1.47. The Labute approximate surface area is 159 Å². The van der Waals surface area contributed by atoms with Gasteiger partial charge in [-0.05, 0) is 31.2 Å². The number of carbonyl (C=O) groups is 2. The number of para-hydroxylation sites is 1. The van der Waals surface area contributed by atoms with Gasteiger partial charge >= 0.3 is 0 Å². The van der Waals surface area contributed by atoms with Crippen molar-refractivity contribution in [2.75, 3.05) is 11.5 Å². The van der Waals surface area contributed by atoms with E-state index in [-0.39, 0.29) is 18.2 Å². The van der Waals surface area contributed by atoms with Crippen molar-refractivity contribution in [1.82, 2.24) is 4.98 Å². The first kappa shape index (κ1) is 17.1. The van der Waals surface area contributed by atoms with E-state index >= 15 is 0 Å². The van der Waals surface area contributed by atoms with Gasteiger partial charge in [-0.2, -0.15) is 0 Å². The number of fused-ring (bicyclic) bond motifs is 1. The molecule has 3 aromatic rings. The summed E-state index contributed by atoms with van der Waals surface area (Å²) in [6.07, 6.45) is 0.193. The van der Waals surface area contributed by atoms with E-state index in [9.17, 15) is 9.59 Å². The first-order chi connectivity index (χ1) is 12.7. The van der Waals surface area contributed by atoms with Gasteiger partial charge in [0.25, 0.3) is 0 Å². The van der Waals surface area contributed by atoms with E-state index in [4.69, 9.17) is 4.74 Å². The Morgan fingerprint density at radius 1 is 1.23 bits per heavy atom. The number of amides is 2. The topological polar surface area (TPSA) is 59.5 Å². The Morgan fingerprint density at radius 2 is 2.04 bits per heavy atom. The molecule has 2 aromatic carbocycles. The van der Waals surface area contributed by atoms with Crippen molar-refractivity contribution < 1.29 is 14.3 Å². The second kappa shape index (κ2) is 7.09. The van der Waals surface area contributed by atoms with Crippen molar-refractivity contribution in [2.45, 2.75) is 22.9 Å². The standard InChI is InChI=1S/C19H16N2O3S2/c1-2-24-13-8-9-15-14(10-13)20-19(25-15)26-16-11-17(22)21(18(16)23)12-6-4-3-5-7-12/h3-10,16H,2,11H2,1H3/t16-/m1/s1. The van der Waals surface area contributed by atoms with E-state index < -0.39 is 5.25 Å². The van der Waals surface area contributed by atoms with Gasteiger partial charge in [0.2, 0.25) is 11.8 Å². The molecular weight excluding hydrogens is 368 g/mol. The summed E-state index contributed by atoms with van der Waals surface area (Å²) in [5.74, 6) is 0.433. The molecule has 0 bridgehead atoms. The molecule has 7 heteroatoms. The maximum atomic E-state index is 12.7. The van der Waals surface area contributed by atoms with Crippen LogP contribution in [0.3, 0.4) is 0 Å². The molecule has 0 aliphatic carbocycles. The smallest absolute Gasteiger partial charge is 0.247 e. The number of nitrogens with zero attached hydrogens (tertiary/aromatic N) is 2. The van der Waals surface area contributed by atoms with Crippen LogP contribution < -0.4 is 9.64 Å². The molecule has 132 valence electrons. The van der Waals surface area contributed by atoms with Gasteiger partial charge in [0.05, 0.1) is 22.5 Å². The largest absolute Gasteiger partial charge is 0.494 e. The van der Waals surface area contributed by atoms with Crippen LogP contribution in [0.25, 0.3) is 10.2 Å². The van der Waals surface area contributed by atoms with Gasteiger partial charge in [-0.25, -0.2) is 9.88 Å². The highest BCUT2D eigenvalue weighted by molar-refractivity contribution is 8.02. The van der Waals surface area contributed by atoms with Crippen LogP contribution in [0.5, 0.6) is 5.75 Å². The maximum absolute atomic E-state index is 12.7. The lowest BCUT2D eigenvalue weighted by Gasteiger charge is -2.14. The Balaban J connectivity index is 1.55. The molecule has 0 radical (unpaired) electrons. The van der Waals surface area contributed by atoms with Crippen molar-refractivity contribution in [3.05, 3.63) is 48.5 Å². The van der Waals surface area contributed by atoms with Crippen LogP contribution in [0.2, 0.25) is 0 Å². The number of aromatic nitrogens is 1. The molecule has 2 amide bonds. The summed E-state index contributed by atoms with van der Waals surface area (Å²) in [5, 5.41) is -0.436. The number of rotatable bonds is 5. The number of thiazole rings is 1. The van der Waals surface area contributed by atoms with E-state index in [0.717, 1.165) is 20.3 Å². The predicted molar refractivity (Wildman–Crippen MR) is 104 cm³/mol. The molecule has 1 fully saturated rings. The highest BCUT2D eigenvalue weighted by Gasteiger charge is 2.40. The van der Waals surface area contributed by atoms with Crippen molar-refractivity contribution in [2.24, 2.45) is 0 Å². The monoisotopic (exact) mass is 384 g/mol. The lowest BCUT2D eigenvalue weighted by atomic mass is 10.3. The molecule has 0 spiro atoms. The molecule has 26 heavy (non-hydrogen) atoms. The number of hydrogen-bond acceptors (Lipinski definition) is 6. The molecule has 0 saturated carbocycles. The SMILES string of the molecule is CCOc1ccc2sc(S[C@@H]3CC(=O)N(c4ccccc4)C3=O)nc2c1. The molecule has 1 aliphatic rings. The summed E-state index contributed by atoms with van der Waals surface area (Å²) in [6, 6.07) is 14.8. The zero-order valence-electron chi connectivity index (χ0n) is 14.0. The summed E-state index contributed by atoms with van der Waals surface area (Å²) in [6.45, 7) is 2.54. The van der Waals surface area contributed by atoms with Gasteiger partial charge in [0.1, 0.15) is 11.0 Å². The molecule has 4 rings (SSSR count). The highest BCUT2D eigenvalue weighted by Crippen LogP contribution is 2.38. The van der Waals surface area contributed by atoms with Crippen LogP contribution in [0.15, 0.2) is 52.9 Å². The van der Waals surface area contributed by atoms with E-state index in [2.05, 4.69) is 4.98 Å². The van der Waals surface area contributed by atoms with E-state index in [0.29, 0.717) is 12.3 Å². The zero-order valence-corrected chi connectivity index (χ0v) is 15.7. The van der Waals surface area contributed by atoms with Crippen molar-refractivity contribution in [3.63, 3.8) is 0 Å². The van der Waals surface area contributed by atoms with Gasteiger partial charge in [-0.15, -0.1) is 11.3 Å². The van der Waals surface area contributed by atoms with E-state index in [1.807, 2.05) is 43.3 Å². The molecule has 1 aromatic heterocycles. The summed E-state index contributed by atoms with van der Waals surface area (Å²) in [7, 11) is 0. The fourth-order valence-electron chi connectivity index (χ4n) is 2.86. The van der Waals surface area contributed by atoms with Crippen LogP contribution in [0, 0.1) is 0 Å². The average Bonchev–Trinajstić information content (AvgIpc) is 3.16. The summed E-state index contributed by atoms with van der Waals surface area (Å²) < 4.78 is 7.32. The predicted octanol–water partition coefficient (Wildman–Crippen LogP) is 4.12. The average molecular weight is 384 g/mol. The third kappa shape index (κ3) is 3.20. The number of thioether (sulfide) groups is 1. The molecule has 1 aliphatic heterocycles. The fourth-order valence-corrected chi connectivity index (χ4v) is 5.17. The van der Waals surface area contributed by atoms with E-state index in [1.165, 1.54) is 28.0 Å². The van der Waals surface area contributed by atoms with Gasteiger partial charge < -0.3 is 4.74 Å². The highest BCUT2D eigenvalue weighted by atomic mass is 32.2. The molecular formula is C19H16N2O3S2. The van der Waals surface area contributed by atoms with Gasteiger partial charge in [0, 0.05) is 12.5 Å². The lowest BCUT2D eigenvalue weighted by Crippen LogP contribution is -2.30. The third-order valence-corrected chi connectivity index (χ3v) is 6.33. The van der Waals surface area contributed by atoms with Crippen LogP contribution in [0.1, 0.15) is 13.3 Å². The number of carbonyl (C=O) groups excluding carboxylic acids is 2. The fraction of sp³-hybridized carbons (Fsp3) is 0.211. The maximum Gasteiger partial charge on any atom is 0.247 e. The van der Waals surface area contributed by atoms with Crippen molar-refractivity contribution in [3.8, 4) is 5.75 Å². The van der Waals surface area contributed by atoms with Crippen LogP contribution in [-0.2, 0) is 9.59 Å². The quantitative estimate of drug-likeness (QED) is 0.619. The third-order valence-electron chi connectivity index (χ3n) is 4.01. The van der Waals surface area contributed by atoms with Crippen LogP contribution in [0.4, 0.5) is 5.69 Å². The van der Waals surface area contributed by atoms with E-state index in [1.54, 1.807) is 12.1 Å². The summed E-state index contributed by atoms with van der Waals surface area (Å²) in [4.78, 5) is 30.9. The zero-order chi connectivity index (χ0) is 18.1. The van der Waals surface area contributed by atoms with Gasteiger partial charge in [-0.1, -0.05) is 30.0 Å². The Hall–Kier alpha value is -2.38. The van der Waals surface area contributed by atoms with Gasteiger partial charge in [0.15, 0.2) is 4.34 Å². The Kier molecular flexibility index (Phi) is 4.65. The molecule has 0 unspecified atom stereocenters. The van der Waals surface area contributed by atoms with Crippen LogP contribution in [-0.4, -0.2) is 28.7 Å². The first-order valence-electron chi connectivity index (χ1n) is 8.27. The Bertz CT molecular complexity index is 971. The van der Waals surface area contributed by atoms with Crippen molar-refractivity contribution in [1.29, 1.82) is 0 Å². The second-order valence-electron chi connectivity index (χ2n) is 5.76. The molecule has 2 heterocycles. The minimum atomic E-state index is -0.436. The minimum Gasteiger partial charge on any atom is -0.494 e.